The summed E-state index contributed by atoms with van der Waals surface area (Å²) in [5, 5.41) is 10.8. The van der Waals surface area contributed by atoms with Gasteiger partial charge in [-0.25, -0.2) is 0 Å². The lowest BCUT2D eigenvalue weighted by Gasteiger charge is -2.30. The summed E-state index contributed by atoms with van der Waals surface area (Å²) in [6.45, 7) is 14.8. The minimum absolute atomic E-state index is 0.0813. The quantitative estimate of drug-likeness (QED) is 0.819. The Kier molecular flexibility index (Phi) is 5.69. The van der Waals surface area contributed by atoms with Crippen molar-refractivity contribution in [2.45, 2.75) is 71.5 Å². The Labute approximate surface area is 135 Å². The summed E-state index contributed by atoms with van der Waals surface area (Å²) in [4.78, 5) is 0. The summed E-state index contributed by atoms with van der Waals surface area (Å²) in [5.41, 5.74) is 2.80. The van der Waals surface area contributed by atoms with Gasteiger partial charge in [0.15, 0.2) is 6.29 Å². The van der Waals surface area contributed by atoms with Crippen molar-refractivity contribution in [3.8, 4) is 5.75 Å². The predicted molar refractivity (Wildman–Crippen MR) is 91.7 cm³/mol. The number of hydrogen-bond acceptors (Lipinski definition) is 3. The van der Waals surface area contributed by atoms with Gasteiger partial charge in [0.25, 0.3) is 0 Å². The van der Waals surface area contributed by atoms with Gasteiger partial charge in [0, 0.05) is 20.1 Å². The second kappa shape index (κ2) is 6.59. The van der Waals surface area contributed by atoms with Gasteiger partial charge in [0.1, 0.15) is 5.75 Å². The van der Waals surface area contributed by atoms with Gasteiger partial charge in [-0.15, -0.1) is 0 Å². The fourth-order valence-electron chi connectivity index (χ4n) is 2.72. The molecule has 3 nitrogen and oxygen atoms in total. The molecule has 0 fully saturated rings. The molecule has 0 aliphatic rings. The smallest absolute Gasteiger partial charge is 0.163 e. The standard InChI is InChI=1S/C19H32O3/c1-12(17(21-8)22-9)13-10-14(18(2,3)4)16(20)15(11-13)19(5,6)7/h10-12,17,20H,1-9H3. The number of rotatable bonds is 4. The first kappa shape index (κ1) is 19.0. The number of hydrogen-bond donors (Lipinski definition) is 1. The Balaban J connectivity index is 3.54. The fraction of sp³-hybridized carbons (Fsp3) is 0.684. The van der Waals surface area contributed by atoms with Crippen molar-refractivity contribution in [1.82, 2.24) is 0 Å². The maximum Gasteiger partial charge on any atom is 0.163 e. The van der Waals surface area contributed by atoms with Gasteiger partial charge in [0.05, 0.1) is 0 Å². The molecular formula is C19H32O3. The monoisotopic (exact) mass is 308 g/mol. The molecule has 0 radical (unpaired) electrons. The third-order valence-corrected chi connectivity index (χ3v) is 4.15. The van der Waals surface area contributed by atoms with Crippen LogP contribution in [0.15, 0.2) is 12.1 Å². The zero-order valence-electron chi connectivity index (χ0n) is 15.6. The van der Waals surface area contributed by atoms with E-state index >= 15 is 0 Å². The largest absolute Gasteiger partial charge is 0.507 e. The van der Waals surface area contributed by atoms with Gasteiger partial charge in [0.2, 0.25) is 0 Å². The molecule has 3 heteroatoms. The van der Waals surface area contributed by atoms with Gasteiger partial charge >= 0.3 is 0 Å². The molecule has 1 rings (SSSR count). The molecule has 0 amide bonds. The molecule has 1 N–H and O–H groups in total. The van der Waals surface area contributed by atoms with Crippen LogP contribution in [0, 0.1) is 0 Å². The Morgan fingerprint density at radius 2 is 1.23 bits per heavy atom. The molecule has 1 atom stereocenters. The Hall–Kier alpha value is -1.06. The van der Waals surface area contributed by atoms with Crippen molar-refractivity contribution in [2.24, 2.45) is 0 Å². The third kappa shape index (κ3) is 4.02. The minimum atomic E-state index is -0.301. The molecule has 0 saturated heterocycles. The van der Waals surface area contributed by atoms with E-state index in [9.17, 15) is 5.11 Å². The van der Waals surface area contributed by atoms with E-state index in [2.05, 4.69) is 60.6 Å². The fourth-order valence-corrected chi connectivity index (χ4v) is 2.72. The number of aromatic hydroxyl groups is 1. The van der Waals surface area contributed by atoms with Gasteiger partial charge in [-0.05, 0) is 27.5 Å². The summed E-state index contributed by atoms with van der Waals surface area (Å²) in [5.74, 6) is 0.486. The second-order valence-electron chi connectivity index (χ2n) is 8.09. The van der Waals surface area contributed by atoms with Crippen molar-refractivity contribution >= 4 is 0 Å². The van der Waals surface area contributed by atoms with Crippen molar-refractivity contribution < 1.29 is 14.6 Å². The second-order valence-corrected chi connectivity index (χ2v) is 8.09. The molecule has 0 bridgehead atoms. The van der Waals surface area contributed by atoms with Crippen molar-refractivity contribution in [3.63, 3.8) is 0 Å². The Morgan fingerprint density at radius 1 is 0.864 bits per heavy atom. The highest BCUT2D eigenvalue weighted by atomic mass is 16.7. The third-order valence-electron chi connectivity index (χ3n) is 4.15. The van der Waals surface area contributed by atoms with E-state index in [0.717, 1.165) is 16.7 Å². The van der Waals surface area contributed by atoms with Gasteiger partial charge < -0.3 is 14.6 Å². The number of benzene rings is 1. The molecule has 0 spiro atoms. The topological polar surface area (TPSA) is 38.7 Å². The van der Waals surface area contributed by atoms with Crippen LogP contribution in [0.25, 0.3) is 0 Å². The highest BCUT2D eigenvalue weighted by Crippen LogP contribution is 2.41. The van der Waals surface area contributed by atoms with E-state index in [1.807, 2.05) is 0 Å². The van der Waals surface area contributed by atoms with E-state index in [-0.39, 0.29) is 23.0 Å². The van der Waals surface area contributed by atoms with E-state index in [1.165, 1.54) is 0 Å². The van der Waals surface area contributed by atoms with Crippen LogP contribution in [0.2, 0.25) is 0 Å². The highest BCUT2D eigenvalue weighted by Gasteiger charge is 2.29. The summed E-state index contributed by atoms with van der Waals surface area (Å²) in [6, 6.07) is 4.17. The maximum atomic E-state index is 10.8. The van der Waals surface area contributed by atoms with E-state index < -0.39 is 0 Å². The normalized spacial score (nSPS) is 14.5. The van der Waals surface area contributed by atoms with Crippen LogP contribution in [-0.4, -0.2) is 25.6 Å². The first-order chi connectivity index (χ1) is 9.93. The van der Waals surface area contributed by atoms with Crippen LogP contribution in [0.4, 0.5) is 0 Å². The summed E-state index contributed by atoms with van der Waals surface area (Å²) in [6.07, 6.45) is -0.301. The van der Waals surface area contributed by atoms with Crippen LogP contribution < -0.4 is 0 Å². The number of phenolic OH excluding ortho intramolecular Hbond substituents is 1. The molecular weight excluding hydrogens is 276 g/mol. The van der Waals surface area contributed by atoms with Crippen molar-refractivity contribution in [3.05, 3.63) is 28.8 Å². The number of ether oxygens (including phenoxy) is 2. The Bertz CT molecular complexity index is 467. The SMILES string of the molecule is COC(OC)C(C)c1cc(C(C)(C)C)c(O)c(C(C)(C)C)c1. The molecule has 0 heterocycles. The lowest BCUT2D eigenvalue weighted by molar-refractivity contribution is -0.115. The maximum absolute atomic E-state index is 10.8. The zero-order chi connectivity index (χ0) is 17.3. The molecule has 1 unspecified atom stereocenters. The predicted octanol–water partition coefficient (Wildman–Crippen LogP) is 4.71. The molecule has 22 heavy (non-hydrogen) atoms. The van der Waals surface area contributed by atoms with Crippen molar-refractivity contribution in [2.75, 3.05) is 14.2 Å². The molecule has 0 aliphatic carbocycles. The van der Waals surface area contributed by atoms with Crippen LogP contribution in [0.1, 0.15) is 71.1 Å². The Morgan fingerprint density at radius 3 is 1.50 bits per heavy atom. The van der Waals surface area contributed by atoms with Crippen LogP contribution >= 0.6 is 0 Å². The van der Waals surface area contributed by atoms with Crippen molar-refractivity contribution in [1.29, 1.82) is 0 Å². The molecule has 1 aromatic rings. The molecule has 0 saturated carbocycles. The van der Waals surface area contributed by atoms with Crippen LogP contribution in [0.5, 0.6) is 5.75 Å². The molecule has 0 aromatic heterocycles. The number of methoxy groups -OCH3 is 2. The lowest BCUT2D eigenvalue weighted by Crippen LogP contribution is -2.23. The lowest BCUT2D eigenvalue weighted by atomic mass is 9.77. The number of phenols is 1. The first-order valence-corrected chi connectivity index (χ1v) is 7.87. The molecule has 126 valence electrons. The van der Waals surface area contributed by atoms with Crippen LogP contribution in [0.3, 0.4) is 0 Å². The summed E-state index contributed by atoms with van der Waals surface area (Å²) < 4.78 is 10.8. The molecule has 0 aliphatic heterocycles. The first-order valence-electron chi connectivity index (χ1n) is 7.87. The van der Waals surface area contributed by atoms with Crippen LogP contribution in [-0.2, 0) is 20.3 Å². The van der Waals surface area contributed by atoms with E-state index in [1.54, 1.807) is 14.2 Å². The van der Waals surface area contributed by atoms with Gasteiger partial charge in [-0.2, -0.15) is 0 Å². The highest BCUT2D eigenvalue weighted by molar-refractivity contribution is 5.50. The van der Waals surface area contributed by atoms with Gasteiger partial charge in [-0.1, -0.05) is 60.6 Å². The average molecular weight is 308 g/mol. The average Bonchev–Trinajstić information content (AvgIpc) is 2.37. The zero-order valence-corrected chi connectivity index (χ0v) is 15.6. The summed E-state index contributed by atoms with van der Waals surface area (Å²) in [7, 11) is 3.31. The van der Waals surface area contributed by atoms with Gasteiger partial charge in [-0.3, -0.25) is 0 Å². The summed E-state index contributed by atoms with van der Waals surface area (Å²) >= 11 is 0. The minimum Gasteiger partial charge on any atom is -0.507 e. The molecule has 1 aromatic carbocycles. The van der Waals surface area contributed by atoms with E-state index in [0.29, 0.717) is 5.75 Å². The van der Waals surface area contributed by atoms with E-state index in [4.69, 9.17) is 9.47 Å².